The van der Waals surface area contributed by atoms with E-state index in [0.717, 1.165) is 16.8 Å². The summed E-state index contributed by atoms with van der Waals surface area (Å²) in [4.78, 5) is 32.6. The van der Waals surface area contributed by atoms with Gasteiger partial charge in [0, 0.05) is 42.4 Å². The van der Waals surface area contributed by atoms with E-state index >= 15 is 0 Å². The number of methoxy groups -OCH3 is 2. The molecule has 7 heteroatoms. The highest BCUT2D eigenvalue weighted by Crippen LogP contribution is 2.39. The summed E-state index contributed by atoms with van der Waals surface area (Å²) in [5, 5.41) is 3.00. The molecule has 176 valence electrons. The number of hydrogen-bond donors (Lipinski definition) is 1. The first kappa shape index (κ1) is 23.3. The molecule has 0 saturated carbocycles. The second kappa shape index (κ2) is 10.4. The van der Waals surface area contributed by atoms with E-state index in [1.54, 1.807) is 25.3 Å². The van der Waals surface area contributed by atoms with Gasteiger partial charge >= 0.3 is 0 Å². The SMILES string of the molecule is COc1ccc([C@H]2CN(C(=O)c3ccc(C)cc3)C[C@@H]2C(=O)NCc2ccccn2)c(OC)c1. The number of carbonyl (C=O) groups excluding carboxylic acids is 2. The third-order valence-electron chi connectivity index (χ3n) is 6.25. The lowest BCUT2D eigenvalue weighted by atomic mass is 9.87. The van der Waals surface area contributed by atoms with Crippen molar-refractivity contribution >= 4 is 11.8 Å². The van der Waals surface area contributed by atoms with Gasteiger partial charge in [0.2, 0.25) is 5.91 Å². The van der Waals surface area contributed by atoms with Crippen LogP contribution in [0.3, 0.4) is 0 Å². The van der Waals surface area contributed by atoms with Gasteiger partial charge < -0.3 is 19.7 Å². The van der Waals surface area contributed by atoms with Gasteiger partial charge in [-0.05, 0) is 37.3 Å². The van der Waals surface area contributed by atoms with Crippen LogP contribution in [0.1, 0.15) is 33.1 Å². The third-order valence-corrected chi connectivity index (χ3v) is 6.25. The fourth-order valence-electron chi connectivity index (χ4n) is 4.37. The second-order valence-electron chi connectivity index (χ2n) is 8.44. The van der Waals surface area contributed by atoms with Gasteiger partial charge in [-0.3, -0.25) is 14.6 Å². The molecule has 1 N–H and O–H groups in total. The molecule has 2 atom stereocenters. The fraction of sp³-hybridized carbons (Fsp3) is 0.296. The molecule has 0 unspecified atom stereocenters. The Labute approximate surface area is 199 Å². The van der Waals surface area contributed by atoms with Gasteiger partial charge in [-0.1, -0.05) is 29.8 Å². The summed E-state index contributed by atoms with van der Waals surface area (Å²) < 4.78 is 11.0. The molecule has 0 bridgehead atoms. The molecule has 34 heavy (non-hydrogen) atoms. The van der Waals surface area contributed by atoms with Crippen molar-refractivity contribution in [2.75, 3.05) is 27.3 Å². The van der Waals surface area contributed by atoms with Gasteiger partial charge in [-0.25, -0.2) is 0 Å². The maximum absolute atomic E-state index is 13.3. The number of likely N-dealkylation sites (tertiary alicyclic amines) is 1. The molecule has 0 radical (unpaired) electrons. The molecule has 1 saturated heterocycles. The molecular weight excluding hydrogens is 430 g/mol. The molecule has 4 rings (SSSR count). The van der Waals surface area contributed by atoms with Crippen LogP contribution in [0, 0.1) is 12.8 Å². The summed E-state index contributed by atoms with van der Waals surface area (Å²) in [5.41, 5.74) is 3.35. The van der Waals surface area contributed by atoms with Crippen LogP contribution >= 0.6 is 0 Å². The van der Waals surface area contributed by atoms with Crippen LogP contribution in [-0.4, -0.2) is 49.0 Å². The fourth-order valence-corrected chi connectivity index (χ4v) is 4.37. The predicted octanol–water partition coefficient (Wildman–Crippen LogP) is 3.58. The summed E-state index contributed by atoms with van der Waals surface area (Å²) in [6, 6.07) is 18.7. The number of pyridine rings is 1. The van der Waals surface area contributed by atoms with E-state index in [-0.39, 0.29) is 17.7 Å². The van der Waals surface area contributed by atoms with Gasteiger partial charge in [0.25, 0.3) is 5.91 Å². The zero-order valence-electron chi connectivity index (χ0n) is 19.7. The van der Waals surface area contributed by atoms with Crippen molar-refractivity contribution in [3.63, 3.8) is 0 Å². The molecule has 2 heterocycles. The van der Waals surface area contributed by atoms with Gasteiger partial charge in [-0.15, -0.1) is 0 Å². The van der Waals surface area contributed by atoms with Crippen molar-refractivity contribution in [2.24, 2.45) is 5.92 Å². The normalized spacial score (nSPS) is 17.3. The average molecular weight is 460 g/mol. The molecule has 7 nitrogen and oxygen atoms in total. The monoisotopic (exact) mass is 459 g/mol. The lowest BCUT2D eigenvalue weighted by Gasteiger charge is -2.21. The van der Waals surface area contributed by atoms with Crippen molar-refractivity contribution in [3.8, 4) is 11.5 Å². The van der Waals surface area contributed by atoms with Crippen LogP contribution in [0.15, 0.2) is 66.9 Å². The number of nitrogens with one attached hydrogen (secondary N) is 1. The van der Waals surface area contributed by atoms with E-state index in [9.17, 15) is 9.59 Å². The quantitative estimate of drug-likeness (QED) is 0.584. The molecular formula is C27H29N3O4. The first-order valence-corrected chi connectivity index (χ1v) is 11.3. The van der Waals surface area contributed by atoms with Crippen molar-refractivity contribution < 1.29 is 19.1 Å². The largest absolute Gasteiger partial charge is 0.497 e. The third kappa shape index (κ3) is 5.03. The van der Waals surface area contributed by atoms with Crippen molar-refractivity contribution in [2.45, 2.75) is 19.4 Å². The second-order valence-corrected chi connectivity index (χ2v) is 8.44. The van der Waals surface area contributed by atoms with E-state index < -0.39 is 5.92 Å². The number of aryl methyl sites for hydroxylation is 1. The Morgan fingerprint density at radius 2 is 1.82 bits per heavy atom. The topological polar surface area (TPSA) is 80.8 Å². The van der Waals surface area contributed by atoms with Crippen LogP contribution in [0.4, 0.5) is 0 Å². The molecule has 1 aromatic heterocycles. The van der Waals surface area contributed by atoms with Gasteiger partial charge in [0.05, 0.1) is 32.4 Å². The number of rotatable bonds is 7. The average Bonchev–Trinajstić information content (AvgIpc) is 3.33. The molecule has 2 aromatic carbocycles. The summed E-state index contributed by atoms with van der Waals surface area (Å²) in [7, 11) is 3.19. The number of amides is 2. The highest BCUT2D eigenvalue weighted by Gasteiger charge is 2.41. The molecule has 1 fully saturated rings. The summed E-state index contributed by atoms with van der Waals surface area (Å²) in [5.74, 6) is 0.448. The highest BCUT2D eigenvalue weighted by atomic mass is 16.5. The minimum atomic E-state index is -0.430. The number of aromatic nitrogens is 1. The van der Waals surface area contributed by atoms with Crippen molar-refractivity contribution in [3.05, 3.63) is 89.2 Å². The van der Waals surface area contributed by atoms with E-state index in [0.29, 0.717) is 36.7 Å². The molecule has 2 amide bonds. The lowest BCUT2D eigenvalue weighted by molar-refractivity contribution is -0.125. The number of ether oxygens (including phenoxy) is 2. The van der Waals surface area contributed by atoms with Crippen LogP contribution in [0.5, 0.6) is 11.5 Å². The van der Waals surface area contributed by atoms with E-state index in [4.69, 9.17) is 9.47 Å². The van der Waals surface area contributed by atoms with E-state index in [2.05, 4.69) is 10.3 Å². The van der Waals surface area contributed by atoms with E-state index in [1.165, 1.54) is 0 Å². The number of benzene rings is 2. The number of carbonyl (C=O) groups is 2. The summed E-state index contributed by atoms with van der Waals surface area (Å²) >= 11 is 0. The van der Waals surface area contributed by atoms with Crippen LogP contribution < -0.4 is 14.8 Å². The maximum atomic E-state index is 13.3. The zero-order valence-corrected chi connectivity index (χ0v) is 19.7. The summed E-state index contributed by atoms with van der Waals surface area (Å²) in [6.07, 6.45) is 1.70. The minimum absolute atomic E-state index is 0.0856. The smallest absolute Gasteiger partial charge is 0.253 e. The Hall–Kier alpha value is -3.87. The first-order valence-electron chi connectivity index (χ1n) is 11.3. The predicted molar refractivity (Wildman–Crippen MR) is 129 cm³/mol. The number of nitrogens with zero attached hydrogens (tertiary/aromatic N) is 2. The zero-order chi connectivity index (χ0) is 24.1. The van der Waals surface area contributed by atoms with E-state index in [1.807, 2.05) is 67.6 Å². The summed E-state index contributed by atoms with van der Waals surface area (Å²) in [6.45, 7) is 3.05. The molecule has 1 aliphatic rings. The standard InChI is InChI=1S/C27H29N3O4/c1-18-7-9-19(10-8-18)27(32)30-16-23(22-12-11-21(33-2)14-25(22)34-3)24(17-30)26(31)29-15-20-6-4-5-13-28-20/h4-14,23-24H,15-17H2,1-3H3,(H,29,31)/t23-,24+/m1/s1. The molecule has 3 aromatic rings. The first-order chi connectivity index (χ1) is 16.5. The lowest BCUT2D eigenvalue weighted by Crippen LogP contribution is -2.35. The van der Waals surface area contributed by atoms with Crippen molar-refractivity contribution in [1.82, 2.24) is 15.2 Å². The molecule has 0 spiro atoms. The van der Waals surface area contributed by atoms with Crippen molar-refractivity contribution in [1.29, 1.82) is 0 Å². The Balaban J connectivity index is 1.61. The van der Waals surface area contributed by atoms with Gasteiger partial charge in [0.15, 0.2) is 0 Å². The minimum Gasteiger partial charge on any atom is -0.497 e. The molecule has 0 aliphatic carbocycles. The van der Waals surface area contributed by atoms with Crippen LogP contribution in [-0.2, 0) is 11.3 Å². The Morgan fingerprint density at radius 1 is 1.03 bits per heavy atom. The van der Waals surface area contributed by atoms with Crippen LogP contribution in [0.25, 0.3) is 0 Å². The number of hydrogen-bond acceptors (Lipinski definition) is 5. The highest BCUT2D eigenvalue weighted by molar-refractivity contribution is 5.95. The van der Waals surface area contributed by atoms with Gasteiger partial charge in [-0.2, -0.15) is 0 Å². The Morgan fingerprint density at radius 3 is 2.50 bits per heavy atom. The van der Waals surface area contributed by atoms with Gasteiger partial charge in [0.1, 0.15) is 11.5 Å². The molecule has 1 aliphatic heterocycles. The maximum Gasteiger partial charge on any atom is 0.253 e. The van der Waals surface area contributed by atoms with Crippen LogP contribution in [0.2, 0.25) is 0 Å². The Kier molecular flexibility index (Phi) is 7.11. The Bertz CT molecular complexity index is 1150.